The first-order valence-electron chi connectivity index (χ1n) is 8.70. The standard InChI is InChI=1S/C19H16F4N4O2S/c20-14-6-8-15(9-7-14)27-16(13-4-2-1-3-5-13)25-26-17(27)30-11-10-24-18(28)29-12-19(21,22)23/h1-9H,10-12H2,(H,24,28). The Morgan fingerprint density at radius 2 is 1.77 bits per heavy atom. The number of nitrogens with one attached hydrogen (secondary N) is 1. The van der Waals surface area contributed by atoms with Crippen LogP contribution < -0.4 is 5.32 Å². The average molecular weight is 440 g/mol. The molecule has 2 aromatic carbocycles. The number of amides is 1. The topological polar surface area (TPSA) is 69.0 Å². The molecule has 3 rings (SSSR count). The molecule has 0 fully saturated rings. The molecule has 30 heavy (non-hydrogen) atoms. The summed E-state index contributed by atoms with van der Waals surface area (Å²) in [5, 5.41) is 11.1. The van der Waals surface area contributed by atoms with Crippen molar-refractivity contribution in [3.8, 4) is 17.1 Å². The first-order valence-corrected chi connectivity index (χ1v) is 9.69. The monoisotopic (exact) mass is 440 g/mol. The zero-order chi connectivity index (χ0) is 21.6. The molecule has 158 valence electrons. The van der Waals surface area contributed by atoms with Gasteiger partial charge < -0.3 is 10.1 Å². The molecule has 0 spiro atoms. The molecule has 1 amide bonds. The number of alkyl halides is 3. The van der Waals surface area contributed by atoms with E-state index in [9.17, 15) is 22.4 Å². The molecule has 1 aromatic heterocycles. The number of aromatic nitrogens is 3. The summed E-state index contributed by atoms with van der Waals surface area (Å²) in [6.07, 6.45) is -5.73. The van der Waals surface area contributed by atoms with Crippen LogP contribution in [0.25, 0.3) is 17.1 Å². The molecule has 0 atom stereocenters. The second-order valence-electron chi connectivity index (χ2n) is 5.95. The maximum absolute atomic E-state index is 13.3. The minimum atomic E-state index is -4.58. The van der Waals surface area contributed by atoms with Gasteiger partial charge in [0, 0.05) is 23.5 Å². The molecular weight excluding hydrogens is 424 g/mol. The van der Waals surface area contributed by atoms with Crippen LogP contribution >= 0.6 is 11.8 Å². The molecular formula is C19H16F4N4O2S. The number of halogens is 4. The van der Waals surface area contributed by atoms with Crippen molar-refractivity contribution in [2.75, 3.05) is 18.9 Å². The highest BCUT2D eigenvalue weighted by atomic mass is 32.2. The first-order chi connectivity index (χ1) is 14.3. The van der Waals surface area contributed by atoms with Crippen molar-refractivity contribution >= 4 is 17.9 Å². The van der Waals surface area contributed by atoms with Crippen molar-refractivity contribution in [3.63, 3.8) is 0 Å². The van der Waals surface area contributed by atoms with Crippen molar-refractivity contribution < 1.29 is 27.1 Å². The SMILES string of the molecule is O=C(NCCSc1nnc(-c2ccccc2)n1-c1ccc(F)cc1)OCC(F)(F)F. The lowest BCUT2D eigenvalue weighted by molar-refractivity contribution is -0.160. The van der Waals surface area contributed by atoms with Crippen LogP contribution in [0.15, 0.2) is 59.8 Å². The Kier molecular flexibility index (Phi) is 6.93. The predicted octanol–water partition coefficient (Wildman–Crippen LogP) is 4.45. The number of ether oxygens (including phenoxy) is 1. The fourth-order valence-electron chi connectivity index (χ4n) is 2.45. The predicted molar refractivity (Wildman–Crippen MR) is 103 cm³/mol. The summed E-state index contributed by atoms with van der Waals surface area (Å²) < 4.78 is 55.3. The molecule has 0 aliphatic carbocycles. The van der Waals surface area contributed by atoms with E-state index in [1.54, 1.807) is 16.7 Å². The highest BCUT2D eigenvalue weighted by molar-refractivity contribution is 7.99. The van der Waals surface area contributed by atoms with Crippen LogP contribution in [0.5, 0.6) is 0 Å². The molecule has 0 saturated carbocycles. The van der Waals surface area contributed by atoms with Gasteiger partial charge in [0.2, 0.25) is 0 Å². The Bertz CT molecular complexity index is 978. The number of rotatable bonds is 7. The van der Waals surface area contributed by atoms with E-state index >= 15 is 0 Å². The van der Waals surface area contributed by atoms with Gasteiger partial charge >= 0.3 is 12.3 Å². The summed E-state index contributed by atoms with van der Waals surface area (Å²) in [5.41, 5.74) is 1.44. The lowest BCUT2D eigenvalue weighted by Gasteiger charge is -2.11. The van der Waals surface area contributed by atoms with Crippen LogP contribution in [0.4, 0.5) is 22.4 Å². The minimum Gasteiger partial charge on any atom is -0.440 e. The molecule has 11 heteroatoms. The van der Waals surface area contributed by atoms with Crippen molar-refractivity contribution in [2.45, 2.75) is 11.3 Å². The molecule has 0 saturated heterocycles. The van der Waals surface area contributed by atoms with Crippen molar-refractivity contribution in [2.24, 2.45) is 0 Å². The number of nitrogens with zero attached hydrogens (tertiary/aromatic N) is 3. The van der Waals surface area contributed by atoms with E-state index in [-0.39, 0.29) is 12.4 Å². The van der Waals surface area contributed by atoms with Gasteiger partial charge in [0.15, 0.2) is 17.6 Å². The van der Waals surface area contributed by atoms with Gasteiger partial charge in [0.05, 0.1) is 0 Å². The number of benzene rings is 2. The third-order valence-corrected chi connectivity index (χ3v) is 4.65. The van der Waals surface area contributed by atoms with Gasteiger partial charge in [-0.2, -0.15) is 13.2 Å². The van der Waals surface area contributed by atoms with Crippen LogP contribution in [0.3, 0.4) is 0 Å². The Hall–Kier alpha value is -3.08. The lowest BCUT2D eigenvalue weighted by Crippen LogP contribution is -2.30. The Labute approximate surface area is 173 Å². The normalized spacial score (nSPS) is 11.3. The van der Waals surface area contributed by atoms with Gasteiger partial charge in [0.25, 0.3) is 0 Å². The van der Waals surface area contributed by atoms with E-state index in [1.807, 2.05) is 30.3 Å². The quantitative estimate of drug-likeness (QED) is 0.334. The maximum atomic E-state index is 13.3. The molecule has 0 bridgehead atoms. The number of hydrogen-bond donors (Lipinski definition) is 1. The zero-order valence-corrected chi connectivity index (χ0v) is 16.2. The fraction of sp³-hybridized carbons (Fsp3) is 0.211. The van der Waals surface area contributed by atoms with Crippen LogP contribution in [0.1, 0.15) is 0 Å². The Balaban J connectivity index is 1.70. The largest absolute Gasteiger partial charge is 0.440 e. The number of carbonyl (C=O) groups excluding carboxylic acids is 1. The summed E-state index contributed by atoms with van der Waals surface area (Å²) in [7, 11) is 0. The minimum absolute atomic E-state index is 0.0539. The molecule has 0 unspecified atom stereocenters. The molecule has 6 nitrogen and oxygen atoms in total. The smallest absolute Gasteiger partial charge is 0.422 e. The van der Waals surface area contributed by atoms with Crippen LogP contribution in [-0.4, -0.2) is 45.9 Å². The van der Waals surface area contributed by atoms with E-state index in [2.05, 4.69) is 20.3 Å². The van der Waals surface area contributed by atoms with Crippen molar-refractivity contribution in [3.05, 3.63) is 60.4 Å². The third kappa shape index (κ3) is 5.96. The summed E-state index contributed by atoms with van der Waals surface area (Å²) in [6, 6.07) is 15.1. The van der Waals surface area contributed by atoms with E-state index in [4.69, 9.17) is 0 Å². The van der Waals surface area contributed by atoms with Crippen LogP contribution in [0, 0.1) is 5.82 Å². The number of alkyl carbamates (subject to hydrolysis) is 1. The highest BCUT2D eigenvalue weighted by Crippen LogP contribution is 2.27. The second kappa shape index (κ2) is 9.61. The van der Waals surface area contributed by atoms with Crippen molar-refractivity contribution in [1.82, 2.24) is 20.1 Å². The summed E-state index contributed by atoms with van der Waals surface area (Å²) in [5.74, 6) is 0.459. The van der Waals surface area contributed by atoms with Crippen molar-refractivity contribution in [1.29, 1.82) is 0 Å². The second-order valence-corrected chi connectivity index (χ2v) is 7.01. The molecule has 1 N–H and O–H groups in total. The average Bonchev–Trinajstić information content (AvgIpc) is 3.14. The van der Waals surface area contributed by atoms with Gasteiger partial charge in [-0.1, -0.05) is 42.1 Å². The van der Waals surface area contributed by atoms with Crippen LogP contribution in [0.2, 0.25) is 0 Å². The van der Waals surface area contributed by atoms with E-state index in [1.165, 1.54) is 23.9 Å². The van der Waals surface area contributed by atoms with Gasteiger partial charge in [-0.3, -0.25) is 4.57 Å². The Morgan fingerprint density at radius 1 is 1.07 bits per heavy atom. The van der Waals surface area contributed by atoms with Gasteiger partial charge in [-0.25, -0.2) is 9.18 Å². The van der Waals surface area contributed by atoms with Gasteiger partial charge in [0.1, 0.15) is 5.82 Å². The van der Waals surface area contributed by atoms with Gasteiger partial charge in [-0.05, 0) is 24.3 Å². The summed E-state index contributed by atoms with van der Waals surface area (Å²) in [4.78, 5) is 11.3. The number of thioether (sulfide) groups is 1. The zero-order valence-electron chi connectivity index (χ0n) is 15.4. The highest BCUT2D eigenvalue weighted by Gasteiger charge is 2.29. The number of carbonyl (C=O) groups is 1. The first kappa shape index (κ1) is 21.6. The number of hydrogen-bond acceptors (Lipinski definition) is 5. The molecule has 0 radical (unpaired) electrons. The summed E-state index contributed by atoms with van der Waals surface area (Å²) in [6.45, 7) is -1.59. The Morgan fingerprint density at radius 3 is 2.43 bits per heavy atom. The summed E-state index contributed by atoms with van der Waals surface area (Å²) >= 11 is 1.23. The molecule has 3 aromatic rings. The molecule has 1 heterocycles. The third-order valence-electron chi connectivity index (χ3n) is 3.72. The lowest BCUT2D eigenvalue weighted by atomic mass is 10.2. The maximum Gasteiger partial charge on any atom is 0.422 e. The van der Waals surface area contributed by atoms with Crippen LogP contribution in [-0.2, 0) is 4.74 Å². The van der Waals surface area contributed by atoms with E-state index in [0.717, 1.165) is 5.56 Å². The van der Waals surface area contributed by atoms with E-state index < -0.39 is 18.9 Å². The van der Waals surface area contributed by atoms with E-state index in [0.29, 0.717) is 22.4 Å². The molecule has 0 aliphatic rings. The fourth-order valence-corrected chi connectivity index (χ4v) is 3.26. The van der Waals surface area contributed by atoms with Gasteiger partial charge in [-0.15, -0.1) is 10.2 Å². The molecule has 0 aliphatic heterocycles.